The Hall–Kier alpha value is -0.660. The third-order valence-corrected chi connectivity index (χ3v) is 3.82. The first-order valence-electron chi connectivity index (χ1n) is 6.38. The second-order valence-corrected chi connectivity index (χ2v) is 5.61. The fourth-order valence-electron chi connectivity index (χ4n) is 1.46. The molecule has 0 unspecified atom stereocenters. The molecule has 0 atom stereocenters. The summed E-state index contributed by atoms with van der Waals surface area (Å²) in [6, 6.07) is 0. The minimum atomic E-state index is -3.48. The molecule has 0 spiro atoms. The molecule has 0 heterocycles. The van der Waals surface area contributed by atoms with Crippen LogP contribution in [-0.4, -0.2) is 44.9 Å². The van der Waals surface area contributed by atoms with Gasteiger partial charge in [-0.15, -0.1) is 0 Å². The predicted molar refractivity (Wildman–Crippen MR) is 70.3 cm³/mol. The molecule has 7 heteroatoms. The summed E-state index contributed by atoms with van der Waals surface area (Å²) in [5.41, 5.74) is 0. The topological polar surface area (TPSA) is 75.7 Å². The van der Waals surface area contributed by atoms with Gasteiger partial charge in [0.15, 0.2) is 0 Å². The van der Waals surface area contributed by atoms with Crippen LogP contribution in [0.25, 0.3) is 0 Å². The number of nitrogens with zero attached hydrogens (tertiary/aromatic N) is 1. The molecule has 0 amide bonds. The van der Waals surface area contributed by atoms with Gasteiger partial charge in [-0.2, -0.15) is 12.7 Å². The van der Waals surface area contributed by atoms with Gasteiger partial charge < -0.3 is 4.74 Å². The standard InChI is InChI=1S/C11H24N2O4S/c1-4-9-13(10-5-2)18(15,16)12-8-7-11(14)17-6-3/h12H,4-10H2,1-3H3. The van der Waals surface area contributed by atoms with Crippen LogP contribution in [-0.2, 0) is 19.7 Å². The molecule has 0 aliphatic heterocycles. The zero-order valence-electron chi connectivity index (χ0n) is 11.4. The average Bonchev–Trinajstić information content (AvgIpc) is 2.29. The Morgan fingerprint density at radius 1 is 1.17 bits per heavy atom. The summed E-state index contributed by atoms with van der Waals surface area (Å²) in [5, 5.41) is 0. The van der Waals surface area contributed by atoms with Crippen LogP contribution < -0.4 is 4.72 Å². The molecule has 0 aromatic rings. The Kier molecular flexibility index (Phi) is 8.95. The summed E-state index contributed by atoms with van der Waals surface area (Å²) in [7, 11) is -3.48. The zero-order chi connectivity index (χ0) is 14.0. The molecule has 0 aliphatic rings. The van der Waals surface area contributed by atoms with Gasteiger partial charge in [-0.25, -0.2) is 4.72 Å². The van der Waals surface area contributed by atoms with E-state index < -0.39 is 16.2 Å². The van der Waals surface area contributed by atoms with Crippen molar-refractivity contribution in [1.29, 1.82) is 0 Å². The first-order chi connectivity index (χ1) is 8.47. The highest BCUT2D eigenvalue weighted by Crippen LogP contribution is 2.01. The molecule has 18 heavy (non-hydrogen) atoms. The minimum Gasteiger partial charge on any atom is -0.466 e. The quantitative estimate of drug-likeness (QED) is 0.603. The largest absolute Gasteiger partial charge is 0.466 e. The third-order valence-electron chi connectivity index (χ3n) is 2.20. The number of esters is 1. The van der Waals surface area contributed by atoms with Gasteiger partial charge in [0.1, 0.15) is 0 Å². The molecule has 0 saturated carbocycles. The van der Waals surface area contributed by atoms with E-state index in [2.05, 4.69) is 4.72 Å². The number of ether oxygens (including phenoxy) is 1. The molecule has 1 N–H and O–H groups in total. The number of hydrogen-bond acceptors (Lipinski definition) is 4. The number of nitrogens with one attached hydrogen (secondary N) is 1. The minimum absolute atomic E-state index is 0.0547. The van der Waals surface area contributed by atoms with Crippen LogP contribution in [0.5, 0.6) is 0 Å². The highest BCUT2D eigenvalue weighted by Gasteiger charge is 2.19. The zero-order valence-corrected chi connectivity index (χ0v) is 12.3. The van der Waals surface area contributed by atoms with Crippen LogP contribution in [0.15, 0.2) is 0 Å². The number of rotatable bonds is 10. The van der Waals surface area contributed by atoms with Crippen LogP contribution in [0.3, 0.4) is 0 Å². The summed E-state index contributed by atoms with van der Waals surface area (Å²) in [4.78, 5) is 11.1. The second kappa shape index (κ2) is 9.29. The van der Waals surface area contributed by atoms with Gasteiger partial charge in [0.2, 0.25) is 0 Å². The van der Waals surface area contributed by atoms with Gasteiger partial charge in [0, 0.05) is 19.6 Å². The fraction of sp³-hybridized carbons (Fsp3) is 0.909. The van der Waals surface area contributed by atoms with Crippen LogP contribution in [0.4, 0.5) is 0 Å². The lowest BCUT2D eigenvalue weighted by molar-refractivity contribution is -0.142. The van der Waals surface area contributed by atoms with Gasteiger partial charge in [0.05, 0.1) is 13.0 Å². The molecule has 0 radical (unpaired) electrons. The van der Waals surface area contributed by atoms with Crippen molar-refractivity contribution in [2.45, 2.75) is 40.0 Å². The SMILES string of the molecule is CCCN(CCC)S(=O)(=O)NCCC(=O)OCC. The Bertz CT molecular complexity index is 324. The molecule has 0 saturated heterocycles. The highest BCUT2D eigenvalue weighted by atomic mass is 32.2. The lowest BCUT2D eigenvalue weighted by atomic mass is 10.4. The molecule has 6 nitrogen and oxygen atoms in total. The van der Waals surface area contributed by atoms with E-state index in [-0.39, 0.29) is 13.0 Å². The molecule has 0 fully saturated rings. The summed E-state index contributed by atoms with van der Waals surface area (Å²) in [6.45, 7) is 6.93. The molecular weight excluding hydrogens is 256 g/mol. The molecular formula is C11H24N2O4S. The number of hydrogen-bond donors (Lipinski definition) is 1. The van der Waals surface area contributed by atoms with E-state index in [0.717, 1.165) is 12.8 Å². The fourth-order valence-corrected chi connectivity index (χ4v) is 2.85. The third kappa shape index (κ3) is 6.93. The number of carbonyl (C=O) groups excluding carboxylic acids is 1. The monoisotopic (exact) mass is 280 g/mol. The Morgan fingerprint density at radius 2 is 1.72 bits per heavy atom. The Labute approximate surface area is 110 Å². The summed E-state index contributed by atoms with van der Waals surface area (Å²) >= 11 is 0. The van der Waals surface area contributed by atoms with E-state index in [9.17, 15) is 13.2 Å². The van der Waals surface area contributed by atoms with Crippen LogP contribution >= 0.6 is 0 Å². The van der Waals surface area contributed by atoms with Crippen LogP contribution in [0.2, 0.25) is 0 Å². The number of carbonyl (C=O) groups is 1. The van der Waals surface area contributed by atoms with Gasteiger partial charge in [-0.3, -0.25) is 4.79 Å². The van der Waals surface area contributed by atoms with E-state index in [4.69, 9.17) is 4.74 Å². The van der Waals surface area contributed by atoms with Crippen molar-refractivity contribution in [2.75, 3.05) is 26.2 Å². The van der Waals surface area contributed by atoms with E-state index in [1.165, 1.54) is 4.31 Å². The molecule has 0 aliphatic carbocycles. The van der Waals surface area contributed by atoms with Crippen molar-refractivity contribution in [3.63, 3.8) is 0 Å². The van der Waals surface area contributed by atoms with Crippen molar-refractivity contribution >= 4 is 16.2 Å². The molecule has 0 bridgehead atoms. The summed E-state index contributed by atoms with van der Waals surface area (Å²) < 4.78 is 32.4. The van der Waals surface area contributed by atoms with Gasteiger partial charge >= 0.3 is 5.97 Å². The average molecular weight is 280 g/mol. The molecule has 0 rings (SSSR count). The highest BCUT2D eigenvalue weighted by molar-refractivity contribution is 7.87. The van der Waals surface area contributed by atoms with Crippen molar-refractivity contribution in [2.24, 2.45) is 0 Å². The van der Waals surface area contributed by atoms with E-state index >= 15 is 0 Å². The van der Waals surface area contributed by atoms with Crippen molar-refractivity contribution in [3.8, 4) is 0 Å². The van der Waals surface area contributed by atoms with Gasteiger partial charge in [0.25, 0.3) is 10.2 Å². The van der Waals surface area contributed by atoms with Gasteiger partial charge in [-0.05, 0) is 19.8 Å². The lowest BCUT2D eigenvalue weighted by Crippen LogP contribution is -2.42. The molecule has 0 aromatic heterocycles. The van der Waals surface area contributed by atoms with Crippen LogP contribution in [0.1, 0.15) is 40.0 Å². The summed E-state index contributed by atoms with van der Waals surface area (Å²) in [6.07, 6.45) is 1.58. The van der Waals surface area contributed by atoms with E-state index in [1.807, 2.05) is 13.8 Å². The van der Waals surface area contributed by atoms with Crippen molar-refractivity contribution < 1.29 is 17.9 Å². The maximum absolute atomic E-state index is 11.9. The maximum Gasteiger partial charge on any atom is 0.307 e. The van der Waals surface area contributed by atoms with E-state index in [0.29, 0.717) is 19.7 Å². The van der Waals surface area contributed by atoms with Crippen molar-refractivity contribution in [1.82, 2.24) is 9.03 Å². The summed E-state index contributed by atoms with van der Waals surface area (Å²) in [5.74, 6) is -0.391. The lowest BCUT2D eigenvalue weighted by Gasteiger charge is -2.21. The maximum atomic E-state index is 11.9. The second-order valence-electron chi connectivity index (χ2n) is 3.85. The predicted octanol–water partition coefficient (Wildman–Crippen LogP) is 0.896. The van der Waals surface area contributed by atoms with E-state index in [1.54, 1.807) is 6.92 Å². The normalized spacial score (nSPS) is 11.8. The first-order valence-corrected chi connectivity index (χ1v) is 7.82. The smallest absolute Gasteiger partial charge is 0.307 e. The Balaban J connectivity index is 4.22. The molecule has 0 aromatic carbocycles. The Morgan fingerprint density at radius 3 is 2.17 bits per heavy atom. The molecule has 108 valence electrons. The van der Waals surface area contributed by atoms with Crippen molar-refractivity contribution in [3.05, 3.63) is 0 Å². The first kappa shape index (κ1) is 17.3. The van der Waals surface area contributed by atoms with Crippen LogP contribution in [0, 0.1) is 0 Å². The van der Waals surface area contributed by atoms with Gasteiger partial charge in [-0.1, -0.05) is 13.8 Å².